The number of hydrogen-bond donors (Lipinski definition) is 0. The molecule has 1 nitrogen and oxygen atoms in total. The van der Waals surface area contributed by atoms with Gasteiger partial charge in [0.1, 0.15) is 11.9 Å². The SMILES string of the molecule is N#Cc1cccc(CSc2ccc(Cl)c(Cl)c2)c1F. The number of thioether (sulfide) groups is 1. The topological polar surface area (TPSA) is 23.8 Å². The Bertz CT molecular complexity index is 652. The highest BCUT2D eigenvalue weighted by atomic mass is 35.5. The first-order valence-electron chi connectivity index (χ1n) is 5.37. The van der Waals surface area contributed by atoms with E-state index < -0.39 is 5.82 Å². The van der Waals surface area contributed by atoms with Gasteiger partial charge in [-0.15, -0.1) is 11.8 Å². The van der Waals surface area contributed by atoms with E-state index in [9.17, 15) is 4.39 Å². The maximum Gasteiger partial charge on any atom is 0.144 e. The van der Waals surface area contributed by atoms with Gasteiger partial charge in [0, 0.05) is 10.6 Å². The van der Waals surface area contributed by atoms with Crippen LogP contribution in [0.1, 0.15) is 11.1 Å². The van der Waals surface area contributed by atoms with E-state index in [2.05, 4.69) is 0 Å². The lowest BCUT2D eigenvalue weighted by atomic mass is 10.1. The Labute approximate surface area is 125 Å². The Morgan fingerprint density at radius 2 is 1.95 bits per heavy atom. The summed E-state index contributed by atoms with van der Waals surface area (Å²) in [5, 5.41) is 9.73. The minimum atomic E-state index is -0.461. The molecule has 19 heavy (non-hydrogen) atoms. The molecule has 0 amide bonds. The third kappa shape index (κ3) is 3.42. The summed E-state index contributed by atoms with van der Waals surface area (Å²) in [6, 6.07) is 11.9. The maximum absolute atomic E-state index is 13.8. The predicted octanol–water partition coefficient (Wildman–Crippen LogP) is 5.30. The summed E-state index contributed by atoms with van der Waals surface area (Å²) >= 11 is 13.2. The summed E-state index contributed by atoms with van der Waals surface area (Å²) in [6.07, 6.45) is 0. The summed E-state index contributed by atoms with van der Waals surface area (Å²) in [7, 11) is 0. The summed E-state index contributed by atoms with van der Waals surface area (Å²) in [5.41, 5.74) is 0.558. The first kappa shape index (κ1) is 14.2. The Kier molecular flexibility index (Phi) is 4.71. The van der Waals surface area contributed by atoms with E-state index in [1.807, 2.05) is 12.1 Å². The van der Waals surface area contributed by atoms with Crippen LogP contribution in [0.3, 0.4) is 0 Å². The van der Waals surface area contributed by atoms with Crippen LogP contribution >= 0.6 is 35.0 Å². The van der Waals surface area contributed by atoms with Crippen LogP contribution < -0.4 is 0 Å². The predicted molar refractivity (Wildman–Crippen MR) is 77.1 cm³/mol. The van der Waals surface area contributed by atoms with Gasteiger partial charge < -0.3 is 0 Å². The average molecular weight is 312 g/mol. The van der Waals surface area contributed by atoms with Gasteiger partial charge in [0.15, 0.2) is 0 Å². The quantitative estimate of drug-likeness (QED) is 0.718. The highest BCUT2D eigenvalue weighted by Gasteiger charge is 2.08. The van der Waals surface area contributed by atoms with Crippen LogP contribution in [-0.2, 0) is 5.75 Å². The molecule has 0 aliphatic heterocycles. The van der Waals surface area contributed by atoms with Gasteiger partial charge in [-0.2, -0.15) is 5.26 Å². The molecule has 2 aromatic carbocycles. The van der Waals surface area contributed by atoms with Crippen LogP contribution in [0.25, 0.3) is 0 Å². The van der Waals surface area contributed by atoms with Crippen molar-refractivity contribution in [3.63, 3.8) is 0 Å². The Morgan fingerprint density at radius 1 is 1.16 bits per heavy atom. The van der Waals surface area contributed by atoms with Gasteiger partial charge in [-0.3, -0.25) is 0 Å². The molecular formula is C14H8Cl2FNS. The van der Waals surface area contributed by atoms with Crippen molar-refractivity contribution in [3.05, 3.63) is 63.4 Å². The molecule has 5 heteroatoms. The average Bonchev–Trinajstić information content (AvgIpc) is 2.41. The van der Waals surface area contributed by atoms with Crippen molar-refractivity contribution in [2.24, 2.45) is 0 Å². The van der Waals surface area contributed by atoms with E-state index in [0.717, 1.165) is 4.90 Å². The fraction of sp³-hybridized carbons (Fsp3) is 0.0714. The van der Waals surface area contributed by atoms with E-state index in [0.29, 0.717) is 21.4 Å². The summed E-state index contributed by atoms with van der Waals surface area (Å²) in [4.78, 5) is 0.899. The molecule has 0 saturated heterocycles. The van der Waals surface area contributed by atoms with Crippen LogP contribution in [0, 0.1) is 17.1 Å². The maximum atomic E-state index is 13.8. The Balaban J connectivity index is 2.15. The van der Waals surface area contributed by atoms with Crippen LogP contribution in [0.5, 0.6) is 0 Å². The zero-order chi connectivity index (χ0) is 13.8. The van der Waals surface area contributed by atoms with Crippen LogP contribution in [0.15, 0.2) is 41.3 Å². The number of nitriles is 1. The van der Waals surface area contributed by atoms with Gasteiger partial charge in [-0.25, -0.2) is 4.39 Å². The molecule has 0 aromatic heterocycles. The molecule has 0 aliphatic carbocycles. The molecule has 0 N–H and O–H groups in total. The fourth-order valence-corrected chi connectivity index (χ4v) is 2.78. The van der Waals surface area contributed by atoms with Crippen LogP contribution in [-0.4, -0.2) is 0 Å². The van der Waals surface area contributed by atoms with Crippen molar-refractivity contribution in [2.45, 2.75) is 10.6 Å². The highest BCUT2D eigenvalue weighted by Crippen LogP contribution is 2.30. The summed E-state index contributed by atoms with van der Waals surface area (Å²) in [6.45, 7) is 0. The Hall–Kier alpha value is -1.21. The van der Waals surface area contributed by atoms with Gasteiger partial charge in [-0.05, 0) is 29.8 Å². The number of hydrogen-bond acceptors (Lipinski definition) is 2. The molecule has 0 radical (unpaired) electrons. The van der Waals surface area contributed by atoms with Crippen molar-refractivity contribution >= 4 is 35.0 Å². The third-order valence-electron chi connectivity index (χ3n) is 2.48. The number of rotatable bonds is 3. The molecule has 0 bridgehead atoms. The zero-order valence-electron chi connectivity index (χ0n) is 9.66. The van der Waals surface area contributed by atoms with Crippen molar-refractivity contribution in [2.75, 3.05) is 0 Å². The standard InChI is InChI=1S/C14H8Cl2FNS/c15-12-5-4-11(6-13(12)16)19-8-10-3-1-2-9(7-18)14(10)17/h1-6H,8H2. The van der Waals surface area contributed by atoms with Crippen molar-refractivity contribution in [1.29, 1.82) is 5.26 Å². The van der Waals surface area contributed by atoms with Crippen molar-refractivity contribution < 1.29 is 4.39 Å². The lowest BCUT2D eigenvalue weighted by Gasteiger charge is -2.05. The first-order chi connectivity index (χ1) is 9.11. The minimum Gasteiger partial charge on any atom is -0.205 e. The van der Waals surface area contributed by atoms with Crippen molar-refractivity contribution in [1.82, 2.24) is 0 Å². The fourth-order valence-electron chi connectivity index (χ4n) is 1.51. The minimum absolute atomic E-state index is 0.0623. The molecule has 2 aromatic rings. The van der Waals surface area contributed by atoms with E-state index in [-0.39, 0.29) is 5.56 Å². The lowest BCUT2D eigenvalue weighted by molar-refractivity contribution is 0.613. The van der Waals surface area contributed by atoms with Crippen molar-refractivity contribution in [3.8, 4) is 6.07 Å². The Morgan fingerprint density at radius 3 is 2.63 bits per heavy atom. The highest BCUT2D eigenvalue weighted by molar-refractivity contribution is 7.98. The largest absolute Gasteiger partial charge is 0.205 e. The van der Waals surface area contributed by atoms with Gasteiger partial charge >= 0.3 is 0 Å². The molecule has 2 rings (SSSR count). The van der Waals surface area contributed by atoms with E-state index in [1.54, 1.807) is 24.3 Å². The van der Waals surface area contributed by atoms with Gasteiger partial charge in [0.2, 0.25) is 0 Å². The number of nitrogens with zero attached hydrogens (tertiary/aromatic N) is 1. The molecule has 0 aliphatic rings. The second-order valence-electron chi connectivity index (χ2n) is 3.76. The monoisotopic (exact) mass is 311 g/mol. The molecule has 0 heterocycles. The van der Waals surface area contributed by atoms with E-state index >= 15 is 0 Å². The number of benzene rings is 2. The lowest BCUT2D eigenvalue weighted by Crippen LogP contribution is -1.91. The second kappa shape index (κ2) is 6.29. The van der Waals surface area contributed by atoms with Gasteiger partial charge in [0.25, 0.3) is 0 Å². The molecular weight excluding hydrogens is 304 g/mol. The first-order valence-corrected chi connectivity index (χ1v) is 7.11. The van der Waals surface area contributed by atoms with Crippen LogP contribution in [0.4, 0.5) is 4.39 Å². The molecule has 96 valence electrons. The molecule has 0 fully saturated rings. The molecule has 0 atom stereocenters. The molecule has 0 saturated carbocycles. The molecule has 0 unspecified atom stereocenters. The van der Waals surface area contributed by atoms with Crippen LogP contribution in [0.2, 0.25) is 10.0 Å². The zero-order valence-corrected chi connectivity index (χ0v) is 12.0. The van der Waals surface area contributed by atoms with E-state index in [1.165, 1.54) is 17.8 Å². The van der Waals surface area contributed by atoms with E-state index in [4.69, 9.17) is 28.5 Å². The molecule has 0 spiro atoms. The summed E-state index contributed by atoms with van der Waals surface area (Å²) < 4.78 is 13.8. The number of halogens is 3. The third-order valence-corrected chi connectivity index (χ3v) is 4.27. The second-order valence-corrected chi connectivity index (χ2v) is 5.62. The summed E-state index contributed by atoms with van der Waals surface area (Å²) in [5.74, 6) is -0.0307. The van der Waals surface area contributed by atoms with Gasteiger partial charge in [0.05, 0.1) is 15.6 Å². The van der Waals surface area contributed by atoms with Gasteiger partial charge in [-0.1, -0.05) is 35.3 Å². The smallest absolute Gasteiger partial charge is 0.144 e. The normalized spacial score (nSPS) is 10.2.